The van der Waals surface area contributed by atoms with E-state index in [-0.39, 0.29) is 11.2 Å². The van der Waals surface area contributed by atoms with Gasteiger partial charge in [-0.15, -0.1) is 0 Å². The summed E-state index contributed by atoms with van der Waals surface area (Å²) in [5.41, 5.74) is 10.1. The summed E-state index contributed by atoms with van der Waals surface area (Å²) in [6.45, 7) is 8.67. The topological polar surface area (TPSA) is 40.8 Å². The minimum Gasteiger partial charge on any atom is -0.454 e. The first kappa shape index (κ1) is 25.5. The van der Waals surface area contributed by atoms with Crippen LogP contribution in [0.15, 0.2) is 95.5 Å². The third-order valence-electron chi connectivity index (χ3n) is 7.75. The van der Waals surface area contributed by atoms with Crippen molar-refractivity contribution in [2.45, 2.75) is 33.1 Å². The van der Waals surface area contributed by atoms with Crippen LogP contribution in [0.25, 0.3) is 55.4 Å². The molecule has 0 unspecified atom stereocenters. The van der Waals surface area contributed by atoms with Crippen LogP contribution in [-0.2, 0) is 12.5 Å². The zero-order valence-electron chi connectivity index (χ0n) is 23.3. The van der Waals surface area contributed by atoms with Gasteiger partial charge in [-0.3, -0.25) is 0 Å². The van der Waals surface area contributed by atoms with E-state index in [9.17, 15) is 9.65 Å². The molecule has 4 aromatic carbocycles. The van der Waals surface area contributed by atoms with Crippen LogP contribution in [-0.4, -0.2) is 0 Å². The summed E-state index contributed by atoms with van der Waals surface area (Å²) in [7, 11) is 1.83. The third kappa shape index (κ3) is 4.25. The minimum absolute atomic E-state index is 0.105. The zero-order valence-corrected chi connectivity index (χ0v) is 23.3. The molecule has 0 radical (unpaired) electrons. The molecule has 0 saturated heterocycles. The quantitative estimate of drug-likeness (QED) is 0.216. The van der Waals surface area contributed by atoms with E-state index < -0.39 is 0 Å². The van der Waals surface area contributed by atoms with E-state index in [4.69, 9.17) is 4.42 Å². The molecule has 0 aliphatic rings. The third-order valence-corrected chi connectivity index (χ3v) is 7.75. The summed E-state index contributed by atoms with van der Waals surface area (Å²) in [6, 6.07) is 30.6. The molecule has 2 aromatic heterocycles. The van der Waals surface area contributed by atoms with Gasteiger partial charge in [-0.2, -0.15) is 9.83 Å². The Morgan fingerprint density at radius 3 is 1.90 bits per heavy atom. The molecule has 40 heavy (non-hydrogen) atoms. The number of benzene rings is 4. The molecule has 0 fully saturated rings. The molecule has 4 heteroatoms. The highest BCUT2D eigenvalue weighted by Crippen LogP contribution is 2.42. The van der Waals surface area contributed by atoms with Crippen LogP contribution in [0.2, 0.25) is 0 Å². The summed E-state index contributed by atoms with van der Waals surface area (Å²) in [5.74, 6) is -0.296. The van der Waals surface area contributed by atoms with Gasteiger partial charge < -0.3 is 4.42 Å². The van der Waals surface area contributed by atoms with Crippen molar-refractivity contribution in [2.75, 3.05) is 0 Å². The van der Waals surface area contributed by atoms with Crippen LogP contribution in [0.4, 0.5) is 4.39 Å². The number of hydrogen-bond donors (Lipinski definition) is 0. The summed E-state index contributed by atoms with van der Waals surface area (Å²) >= 11 is 0. The number of rotatable bonds is 3. The molecule has 0 amide bonds. The van der Waals surface area contributed by atoms with E-state index >= 15 is 0 Å². The van der Waals surface area contributed by atoms with Gasteiger partial charge in [-0.25, -0.2) is 4.39 Å². The van der Waals surface area contributed by atoms with Crippen molar-refractivity contribution >= 4 is 21.9 Å². The van der Waals surface area contributed by atoms with Gasteiger partial charge in [0.15, 0.2) is 5.82 Å². The maximum atomic E-state index is 13.9. The molecule has 6 aromatic rings. The fraction of sp³-hybridized carbons (Fsp3) is 0.167. The average Bonchev–Trinajstić information content (AvgIpc) is 3.31. The molecule has 196 valence electrons. The number of nitrogens with zero attached hydrogens (tertiary/aromatic N) is 2. The van der Waals surface area contributed by atoms with Gasteiger partial charge in [0.1, 0.15) is 18.2 Å². The molecule has 0 aliphatic carbocycles. The summed E-state index contributed by atoms with van der Waals surface area (Å²) in [6.07, 6.45) is 1.47. The molecule has 3 nitrogen and oxygen atoms in total. The lowest BCUT2D eigenvalue weighted by atomic mass is 9.86. The van der Waals surface area contributed by atoms with Crippen LogP contribution in [0.3, 0.4) is 0 Å². The molecule has 0 aliphatic heterocycles. The van der Waals surface area contributed by atoms with E-state index in [2.05, 4.69) is 87.5 Å². The SMILES string of the molecule is Cc1ccc2c(oc3c(-c4ccc(-c5ccc(C(C)(C)C)cc5)cc4)c(C#N)ccc32)c1-c1ccc(F)c[n+]1C. The van der Waals surface area contributed by atoms with Crippen molar-refractivity contribution in [1.82, 2.24) is 0 Å². The average molecular weight is 526 g/mol. The minimum atomic E-state index is -0.296. The normalized spacial score (nSPS) is 11.7. The summed E-state index contributed by atoms with van der Waals surface area (Å²) < 4.78 is 22.3. The second-order valence-corrected chi connectivity index (χ2v) is 11.5. The number of aromatic nitrogens is 1. The Labute approximate surface area is 233 Å². The molecule has 0 saturated carbocycles. The maximum absolute atomic E-state index is 13.9. The predicted molar refractivity (Wildman–Crippen MR) is 159 cm³/mol. The first-order chi connectivity index (χ1) is 19.2. The van der Waals surface area contributed by atoms with Crippen LogP contribution in [0.5, 0.6) is 0 Å². The number of fused-ring (bicyclic) bond motifs is 3. The molecule has 0 atom stereocenters. The van der Waals surface area contributed by atoms with E-state index in [1.54, 1.807) is 10.6 Å². The number of furan rings is 1. The van der Waals surface area contributed by atoms with Crippen molar-refractivity contribution in [1.29, 1.82) is 5.26 Å². The van der Waals surface area contributed by atoms with Gasteiger partial charge in [0.2, 0.25) is 11.9 Å². The Kier molecular flexibility index (Phi) is 6.04. The van der Waals surface area contributed by atoms with E-state index in [1.165, 1.54) is 17.8 Å². The maximum Gasteiger partial charge on any atom is 0.216 e. The molecular weight excluding hydrogens is 495 g/mol. The Hall–Kier alpha value is -4.75. The van der Waals surface area contributed by atoms with Crippen molar-refractivity contribution in [2.24, 2.45) is 7.05 Å². The fourth-order valence-electron chi connectivity index (χ4n) is 5.53. The molecule has 0 bridgehead atoms. The first-order valence-corrected chi connectivity index (χ1v) is 13.4. The second-order valence-electron chi connectivity index (χ2n) is 11.5. The van der Waals surface area contributed by atoms with Crippen LogP contribution in [0, 0.1) is 24.1 Å². The van der Waals surface area contributed by atoms with E-state index in [0.29, 0.717) is 11.1 Å². The van der Waals surface area contributed by atoms with Gasteiger partial charge in [0, 0.05) is 22.4 Å². The molecule has 0 N–H and O–H groups in total. The number of pyridine rings is 1. The Morgan fingerprint density at radius 1 is 0.725 bits per heavy atom. The summed E-state index contributed by atoms with van der Waals surface area (Å²) in [4.78, 5) is 0. The van der Waals surface area contributed by atoms with Crippen LogP contribution >= 0.6 is 0 Å². The Morgan fingerprint density at radius 2 is 1.30 bits per heavy atom. The monoisotopic (exact) mass is 525 g/mol. The smallest absolute Gasteiger partial charge is 0.216 e. The van der Waals surface area contributed by atoms with Crippen LogP contribution < -0.4 is 4.57 Å². The van der Waals surface area contributed by atoms with Crippen LogP contribution in [0.1, 0.15) is 37.5 Å². The number of nitriles is 1. The van der Waals surface area contributed by atoms with Gasteiger partial charge >= 0.3 is 0 Å². The second kappa shape index (κ2) is 9.47. The molecule has 6 rings (SSSR count). The van der Waals surface area contributed by atoms with Gasteiger partial charge in [-0.05, 0) is 58.4 Å². The van der Waals surface area contributed by atoms with Crippen molar-refractivity contribution in [3.05, 3.63) is 114 Å². The molecule has 0 spiro atoms. The van der Waals surface area contributed by atoms with Crippen molar-refractivity contribution in [3.8, 4) is 39.6 Å². The first-order valence-electron chi connectivity index (χ1n) is 13.4. The Bertz CT molecular complexity index is 1950. The van der Waals surface area contributed by atoms with Gasteiger partial charge in [-0.1, -0.05) is 81.4 Å². The largest absolute Gasteiger partial charge is 0.454 e. The number of aryl methyl sites for hydroxylation is 2. The highest BCUT2D eigenvalue weighted by molar-refractivity contribution is 6.14. The van der Waals surface area contributed by atoms with Gasteiger partial charge in [0.05, 0.1) is 17.2 Å². The number of halogens is 1. The zero-order chi connectivity index (χ0) is 28.2. The molecule has 2 heterocycles. The van der Waals surface area contributed by atoms with E-state index in [1.807, 2.05) is 26.1 Å². The van der Waals surface area contributed by atoms with Crippen molar-refractivity contribution in [3.63, 3.8) is 0 Å². The lowest BCUT2D eigenvalue weighted by Crippen LogP contribution is -2.31. The predicted octanol–water partition coefficient (Wildman–Crippen LogP) is 9.03. The number of hydrogen-bond acceptors (Lipinski definition) is 2. The summed E-state index contributed by atoms with van der Waals surface area (Å²) in [5, 5.41) is 11.9. The highest BCUT2D eigenvalue weighted by Gasteiger charge is 2.23. The van der Waals surface area contributed by atoms with E-state index in [0.717, 1.165) is 55.4 Å². The fourth-order valence-corrected chi connectivity index (χ4v) is 5.53. The molecular formula is C36H30FN2O+. The lowest BCUT2D eigenvalue weighted by Gasteiger charge is -2.19. The standard InChI is InChI=1S/C36H30FN2O/c1-22-6-17-29-30-18-13-26(20-38)33(35(30)40-34(29)32(22)31-19-16-28(37)21-39(31)5)25-9-7-23(8-10-25)24-11-14-27(15-12-24)36(2,3)4/h6-19,21H,1-5H3/q+1. The Balaban J connectivity index is 1.51. The van der Waals surface area contributed by atoms with Crippen molar-refractivity contribution < 1.29 is 13.4 Å². The van der Waals surface area contributed by atoms with Gasteiger partial charge in [0.25, 0.3) is 0 Å². The lowest BCUT2D eigenvalue weighted by molar-refractivity contribution is -0.661. The highest BCUT2D eigenvalue weighted by atomic mass is 19.1.